The summed E-state index contributed by atoms with van der Waals surface area (Å²) in [5, 5.41) is 10.6. The molecule has 0 saturated carbocycles. The van der Waals surface area contributed by atoms with Crippen LogP contribution in [0, 0.1) is 11.8 Å². The summed E-state index contributed by atoms with van der Waals surface area (Å²) in [5.41, 5.74) is 0. The number of carbonyl (C=O) groups excluding carboxylic acids is 4. The van der Waals surface area contributed by atoms with Gasteiger partial charge in [-0.3, -0.25) is 37.3 Å². The minimum Gasteiger partial charge on any atom is -0.462 e. The molecule has 0 bridgehead atoms. The fourth-order valence-electron chi connectivity index (χ4n) is 13.4. The first-order chi connectivity index (χ1) is 50.9. The number of phosphoric acid groups is 2. The first-order valence-electron chi connectivity index (χ1n) is 44.6. The van der Waals surface area contributed by atoms with E-state index in [0.717, 1.165) is 108 Å². The van der Waals surface area contributed by atoms with Crippen molar-refractivity contribution in [3.8, 4) is 0 Å². The van der Waals surface area contributed by atoms with Gasteiger partial charge in [0.1, 0.15) is 19.3 Å². The second-order valence-corrected chi connectivity index (χ2v) is 34.3. The zero-order chi connectivity index (χ0) is 77.1. The van der Waals surface area contributed by atoms with Crippen molar-refractivity contribution in [1.82, 2.24) is 0 Å². The minimum absolute atomic E-state index is 0.108. The molecule has 19 heteroatoms. The van der Waals surface area contributed by atoms with Crippen molar-refractivity contribution in [2.45, 2.75) is 477 Å². The number of aliphatic hydroxyl groups is 1. The van der Waals surface area contributed by atoms with Crippen LogP contribution in [0.15, 0.2) is 0 Å². The van der Waals surface area contributed by atoms with Crippen LogP contribution < -0.4 is 0 Å². The van der Waals surface area contributed by atoms with Crippen LogP contribution in [-0.2, 0) is 65.4 Å². The number of rotatable bonds is 85. The van der Waals surface area contributed by atoms with Crippen LogP contribution in [0.3, 0.4) is 0 Å². The zero-order valence-electron chi connectivity index (χ0n) is 69.0. The van der Waals surface area contributed by atoms with Gasteiger partial charge in [0.25, 0.3) is 0 Å². The minimum atomic E-state index is -4.96. The third kappa shape index (κ3) is 77.2. The van der Waals surface area contributed by atoms with E-state index in [-0.39, 0.29) is 25.7 Å². The molecule has 0 aromatic heterocycles. The van der Waals surface area contributed by atoms with E-state index in [1.54, 1.807) is 0 Å². The molecule has 0 spiro atoms. The predicted octanol–water partition coefficient (Wildman–Crippen LogP) is 26.2. The zero-order valence-corrected chi connectivity index (χ0v) is 70.8. The Morgan fingerprint density at radius 2 is 0.457 bits per heavy atom. The van der Waals surface area contributed by atoms with Crippen LogP contribution in [0.1, 0.15) is 459 Å². The highest BCUT2D eigenvalue weighted by molar-refractivity contribution is 7.47. The van der Waals surface area contributed by atoms with Gasteiger partial charge in [-0.05, 0) is 37.5 Å². The predicted molar refractivity (Wildman–Crippen MR) is 432 cm³/mol. The average Bonchev–Trinajstić information content (AvgIpc) is 0.909. The maximum Gasteiger partial charge on any atom is 0.472 e. The van der Waals surface area contributed by atoms with E-state index in [4.69, 9.17) is 37.0 Å². The molecule has 0 rings (SSSR count). The number of unbranched alkanes of at least 4 members (excludes halogenated alkanes) is 53. The molecule has 4 unspecified atom stereocenters. The number of aliphatic hydroxyl groups excluding tert-OH is 1. The molecule has 17 nitrogen and oxygen atoms in total. The number of carbonyl (C=O) groups is 4. The van der Waals surface area contributed by atoms with E-state index >= 15 is 0 Å². The third-order valence-electron chi connectivity index (χ3n) is 20.9. The van der Waals surface area contributed by atoms with Gasteiger partial charge in [-0.25, -0.2) is 9.13 Å². The number of phosphoric ester groups is 2. The summed E-state index contributed by atoms with van der Waals surface area (Å²) in [6.45, 7) is 9.71. The van der Waals surface area contributed by atoms with Crippen molar-refractivity contribution in [2.24, 2.45) is 11.8 Å². The molecule has 0 fully saturated rings. The largest absolute Gasteiger partial charge is 0.472 e. The first kappa shape index (κ1) is 103. The average molecular weight is 1540 g/mol. The van der Waals surface area contributed by atoms with Gasteiger partial charge in [-0.15, -0.1) is 0 Å². The lowest BCUT2D eigenvalue weighted by Gasteiger charge is -2.21. The van der Waals surface area contributed by atoms with Crippen LogP contribution in [0.5, 0.6) is 0 Å². The topological polar surface area (TPSA) is 237 Å². The SMILES string of the molecule is CCCCCCCCCCCCCCCCCCC(=O)O[C@H](COC(=O)CCCCCCC)COP(=O)(O)OC[C@H](O)COP(=O)(O)OC[C@@H](COC(=O)CCCCCCCCCCCCCCCCCCCCC(C)CC)OC(=O)CCCCCCCCCCCCCCCCCCCCC(C)CC. The van der Waals surface area contributed by atoms with Gasteiger partial charge in [-0.2, -0.15) is 0 Å². The van der Waals surface area contributed by atoms with Crippen LogP contribution in [-0.4, -0.2) is 96.7 Å². The molecular formula is C86H168O17P2. The highest BCUT2D eigenvalue weighted by atomic mass is 31.2. The fraction of sp³-hybridized carbons (Fsp3) is 0.953. The normalized spacial score (nSPS) is 14.3. The standard InChI is InChI=1S/C86H168O17P2/c1-7-11-13-15-16-17-18-19-20-31-37-42-47-52-58-64-70-85(90)102-81(74-96-83(88)68-62-54-14-12-8-2)76-100-104(92,93)98-72-80(87)73-99-105(94,95)101-77-82(103-86(91)71-65-59-53-48-43-38-33-28-24-22-26-30-35-40-45-50-56-61-67-79(6)10-4)75-97-84(89)69-63-57-51-46-41-36-32-27-23-21-25-29-34-39-44-49-55-60-66-78(5)9-3/h78-82,87H,7-77H2,1-6H3,(H,92,93)(H,94,95)/t78?,79?,80-,81+,82+/m0/s1. The molecule has 0 aliphatic rings. The molecule has 3 N–H and O–H groups in total. The van der Waals surface area contributed by atoms with E-state index in [0.29, 0.717) is 25.7 Å². The second kappa shape index (κ2) is 77.4. The summed E-state index contributed by atoms with van der Waals surface area (Å²) in [7, 11) is -9.91. The van der Waals surface area contributed by atoms with Gasteiger partial charge in [0, 0.05) is 25.7 Å². The Kier molecular flexibility index (Phi) is 76.0. The van der Waals surface area contributed by atoms with E-state index in [2.05, 4.69) is 41.5 Å². The molecule has 0 aromatic rings. The lowest BCUT2D eigenvalue weighted by molar-refractivity contribution is -0.161. The molecule has 0 aromatic carbocycles. The molecule has 624 valence electrons. The Balaban J connectivity index is 5.10. The van der Waals surface area contributed by atoms with Crippen molar-refractivity contribution in [3.63, 3.8) is 0 Å². The lowest BCUT2D eigenvalue weighted by atomic mass is 9.99. The summed E-state index contributed by atoms with van der Waals surface area (Å²) < 4.78 is 68.6. The Bertz CT molecular complexity index is 2010. The van der Waals surface area contributed by atoms with Crippen LogP contribution in [0.4, 0.5) is 0 Å². The number of esters is 4. The highest BCUT2D eigenvalue weighted by Gasteiger charge is 2.30. The summed E-state index contributed by atoms with van der Waals surface area (Å²) in [4.78, 5) is 72.9. The lowest BCUT2D eigenvalue weighted by Crippen LogP contribution is -2.30. The Morgan fingerprint density at radius 1 is 0.267 bits per heavy atom. The molecule has 0 aliphatic heterocycles. The Labute approximate surface area is 645 Å². The quantitative estimate of drug-likeness (QED) is 0.0222. The van der Waals surface area contributed by atoms with Crippen LogP contribution >= 0.6 is 15.6 Å². The summed E-state index contributed by atoms with van der Waals surface area (Å²) in [5.74, 6) is -0.369. The summed E-state index contributed by atoms with van der Waals surface area (Å²) in [6, 6.07) is 0. The maximum absolute atomic E-state index is 13.1. The number of ether oxygens (including phenoxy) is 4. The van der Waals surface area contributed by atoms with Crippen molar-refractivity contribution >= 4 is 39.5 Å². The molecule has 105 heavy (non-hydrogen) atoms. The van der Waals surface area contributed by atoms with Crippen LogP contribution in [0.25, 0.3) is 0 Å². The van der Waals surface area contributed by atoms with Gasteiger partial charge >= 0.3 is 39.5 Å². The van der Waals surface area contributed by atoms with E-state index < -0.39 is 97.5 Å². The third-order valence-corrected chi connectivity index (χ3v) is 22.8. The fourth-order valence-corrected chi connectivity index (χ4v) is 14.9. The van der Waals surface area contributed by atoms with Gasteiger partial charge in [-0.1, -0.05) is 408 Å². The van der Waals surface area contributed by atoms with Crippen molar-refractivity contribution in [1.29, 1.82) is 0 Å². The molecule has 0 heterocycles. The van der Waals surface area contributed by atoms with E-state index in [1.165, 1.54) is 270 Å². The van der Waals surface area contributed by atoms with Gasteiger partial charge in [0.2, 0.25) is 0 Å². The second-order valence-electron chi connectivity index (χ2n) is 31.4. The van der Waals surface area contributed by atoms with Gasteiger partial charge in [0.05, 0.1) is 26.4 Å². The van der Waals surface area contributed by atoms with E-state index in [9.17, 15) is 43.2 Å². The van der Waals surface area contributed by atoms with Gasteiger partial charge in [0.15, 0.2) is 12.2 Å². The highest BCUT2D eigenvalue weighted by Crippen LogP contribution is 2.45. The maximum atomic E-state index is 13.1. The monoisotopic (exact) mass is 1540 g/mol. The molecule has 0 aliphatic carbocycles. The smallest absolute Gasteiger partial charge is 0.462 e. The summed E-state index contributed by atoms with van der Waals surface area (Å²) >= 11 is 0. The number of hydrogen-bond donors (Lipinski definition) is 3. The molecule has 0 amide bonds. The van der Waals surface area contributed by atoms with Crippen molar-refractivity contribution < 1.29 is 80.2 Å². The molecule has 0 saturated heterocycles. The van der Waals surface area contributed by atoms with Crippen molar-refractivity contribution in [2.75, 3.05) is 39.6 Å². The summed E-state index contributed by atoms with van der Waals surface area (Å²) in [6.07, 6.45) is 69.9. The van der Waals surface area contributed by atoms with E-state index in [1.807, 2.05) is 0 Å². The Morgan fingerprint density at radius 3 is 0.676 bits per heavy atom. The van der Waals surface area contributed by atoms with Crippen molar-refractivity contribution in [3.05, 3.63) is 0 Å². The molecule has 7 atom stereocenters. The Hall–Kier alpha value is -1.94. The van der Waals surface area contributed by atoms with Crippen LogP contribution in [0.2, 0.25) is 0 Å². The first-order valence-corrected chi connectivity index (χ1v) is 47.6. The van der Waals surface area contributed by atoms with Gasteiger partial charge < -0.3 is 33.8 Å². The number of hydrogen-bond acceptors (Lipinski definition) is 15. The molecule has 0 radical (unpaired) electrons. The molecular weight excluding hydrogens is 1370 g/mol.